The van der Waals surface area contributed by atoms with Crippen molar-refractivity contribution in [3.05, 3.63) is 58.7 Å². The van der Waals surface area contributed by atoms with E-state index in [9.17, 15) is 24.5 Å². The van der Waals surface area contributed by atoms with Crippen LogP contribution in [0.4, 0.5) is 0 Å². The number of carbonyl (C=O) groups is 3. The normalized spacial score (nSPS) is 24.3. The molecule has 0 bridgehead atoms. The summed E-state index contributed by atoms with van der Waals surface area (Å²) in [7, 11) is -1.01. The van der Waals surface area contributed by atoms with Crippen LogP contribution in [-0.4, -0.2) is 57.7 Å². The zero-order chi connectivity index (χ0) is 30.8. The summed E-state index contributed by atoms with van der Waals surface area (Å²) in [4.78, 5) is 39.4. The minimum Gasteiger partial charge on any atom is -0.507 e. The Morgan fingerprint density at radius 2 is 1.79 bits per heavy atom. The minimum absolute atomic E-state index is 0.0831. The van der Waals surface area contributed by atoms with E-state index < -0.39 is 24.9 Å². The lowest BCUT2D eigenvalue weighted by Gasteiger charge is -2.44. The van der Waals surface area contributed by atoms with Crippen LogP contribution >= 0.6 is 0 Å². The van der Waals surface area contributed by atoms with E-state index in [0.717, 1.165) is 33.9 Å². The summed E-state index contributed by atoms with van der Waals surface area (Å²) in [5, 5.41) is 31.8. The molecule has 9 heteroatoms. The maximum absolute atomic E-state index is 13.7. The number of aliphatic carboxylic acids is 1. The number of allylic oxidation sites excluding steroid dienone is 2. The fourth-order valence-corrected chi connectivity index (χ4v) is 7.39. The molecule has 0 radical (unpaired) electrons. The minimum atomic E-state index is -1.01. The number of rotatable bonds is 11. The lowest BCUT2D eigenvalue weighted by molar-refractivity contribution is -0.141. The number of aromatic hydroxyl groups is 1. The smallest absolute Gasteiger partial charge is 0.455 e. The molecule has 2 saturated heterocycles. The molecule has 1 aliphatic carbocycles. The van der Waals surface area contributed by atoms with E-state index in [-0.39, 0.29) is 41.9 Å². The maximum atomic E-state index is 13.7. The number of phenolic OH excluding ortho intramolecular Hbond substituents is 1. The number of carbonyl (C=O) groups excluding carboxylic acids is 2. The predicted octanol–water partition coefficient (Wildman–Crippen LogP) is 5.83. The van der Waals surface area contributed by atoms with Crippen LogP contribution in [0.1, 0.15) is 71.3 Å². The second-order valence-corrected chi connectivity index (χ2v) is 12.7. The quantitative estimate of drug-likeness (QED) is 0.131. The number of phenols is 1. The zero-order valence-corrected chi connectivity index (χ0v) is 25.3. The van der Waals surface area contributed by atoms with Crippen molar-refractivity contribution in [3.63, 3.8) is 0 Å². The molecular formula is C34H42BNO7. The van der Waals surface area contributed by atoms with Crippen LogP contribution in [0, 0.1) is 23.7 Å². The van der Waals surface area contributed by atoms with Gasteiger partial charge in [0.05, 0.1) is 17.9 Å². The van der Waals surface area contributed by atoms with E-state index in [2.05, 4.69) is 26.8 Å². The predicted molar refractivity (Wildman–Crippen MR) is 166 cm³/mol. The molecule has 2 aromatic carbocycles. The first-order chi connectivity index (χ1) is 20.6. The fraction of sp³-hybridized carbons (Fsp3) is 0.500. The number of hydrogen-bond donors (Lipinski definition) is 3. The third kappa shape index (κ3) is 6.43. The van der Waals surface area contributed by atoms with Gasteiger partial charge in [-0.15, -0.1) is 0 Å². The molecule has 0 aromatic heterocycles. The van der Waals surface area contributed by atoms with Gasteiger partial charge >= 0.3 is 13.1 Å². The number of nitrogens with zero attached hydrogens (tertiary/aromatic N) is 1. The van der Waals surface area contributed by atoms with Crippen LogP contribution in [0.3, 0.4) is 0 Å². The molecule has 0 spiro atoms. The Morgan fingerprint density at radius 3 is 2.51 bits per heavy atom. The summed E-state index contributed by atoms with van der Waals surface area (Å²) in [6, 6.07) is 11.4. The zero-order valence-electron chi connectivity index (χ0n) is 25.3. The molecule has 228 valence electrons. The number of benzene rings is 2. The third-order valence-electron chi connectivity index (χ3n) is 9.44. The summed E-state index contributed by atoms with van der Waals surface area (Å²) in [5.41, 5.74) is 4.42. The molecular weight excluding hydrogens is 545 g/mol. The van der Waals surface area contributed by atoms with Gasteiger partial charge in [-0.05, 0) is 79.8 Å². The van der Waals surface area contributed by atoms with Crippen molar-refractivity contribution in [3.8, 4) is 5.75 Å². The average Bonchev–Trinajstić information content (AvgIpc) is 3.21. The van der Waals surface area contributed by atoms with Gasteiger partial charge in [-0.3, -0.25) is 19.3 Å². The largest absolute Gasteiger partial charge is 0.507 e. The first-order valence-electron chi connectivity index (χ1n) is 15.6. The van der Waals surface area contributed by atoms with Crippen LogP contribution in [0.2, 0.25) is 6.32 Å². The van der Waals surface area contributed by atoms with E-state index in [4.69, 9.17) is 9.76 Å². The number of amides is 2. The second kappa shape index (κ2) is 13.1. The van der Waals surface area contributed by atoms with E-state index >= 15 is 0 Å². The molecule has 2 amide bonds. The molecule has 2 aromatic rings. The van der Waals surface area contributed by atoms with Crippen molar-refractivity contribution < 1.29 is 34.3 Å². The standard InChI is InChI=1S/C34H42BNO7/c1-20(2)25-18-26-32(34(41)36(33(26)40)16-8-4-5-11-30(38)39)27-19-35(42)43-29(31(25)27)15-12-21(3)17-22-13-14-28(37)24-10-7-6-9-23(22)24/h6-7,9-10,13-14,17,20,26-27,29,32,37,42H,4-5,8,11-12,15-16,18-19H2,1-3H3,(H,38,39)/b21-17+/t26-,27+,29-,32-/m1/s1. The van der Waals surface area contributed by atoms with Crippen LogP contribution in [0.25, 0.3) is 16.8 Å². The highest BCUT2D eigenvalue weighted by Gasteiger charge is 2.57. The van der Waals surface area contributed by atoms with Gasteiger partial charge < -0.3 is 19.9 Å². The average molecular weight is 588 g/mol. The SMILES string of the molecule is C/C(=C\c1ccc(O)c2ccccc12)CC[C@H]1OB(O)C[C@H]2C1=C(C(C)C)C[C@H]1C(=O)N(CCCCCC(=O)O)C(=O)[C@H]12. The van der Waals surface area contributed by atoms with E-state index in [1.54, 1.807) is 6.07 Å². The second-order valence-electron chi connectivity index (χ2n) is 12.7. The van der Waals surface area contributed by atoms with Crippen molar-refractivity contribution in [2.45, 2.75) is 78.1 Å². The van der Waals surface area contributed by atoms with Crippen molar-refractivity contribution in [2.24, 2.45) is 23.7 Å². The van der Waals surface area contributed by atoms with Gasteiger partial charge in [0.15, 0.2) is 0 Å². The Kier molecular flexibility index (Phi) is 9.42. The van der Waals surface area contributed by atoms with Crippen LogP contribution in [0.5, 0.6) is 5.75 Å². The molecule has 5 rings (SSSR count). The molecule has 2 fully saturated rings. The van der Waals surface area contributed by atoms with Crippen molar-refractivity contribution >= 4 is 41.8 Å². The molecule has 3 aliphatic rings. The Morgan fingerprint density at radius 1 is 1.05 bits per heavy atom. The molecule has 0 unspecified atom stereocenters. The summed E-state index contributed by atoms with van der Waals surface area (Å²) >= 11 is 0. The van der Waals surface area contributed by atoms with E-state index in [1.165, 1.54) is 10.5 Å². The Labute approximate surface area is 253 Å². The van der Waals surface area contributed by atoms with Gasteiger partial charge in [-0.1, -0.05) is 67.8 Å². The number of carboxylic acid groups (broad SMARTS) is 1. The van der Waals surface area contributed by atoms with E-state index in [0.29, 0.717) is 45.0 Å². The number of carboxylic acids is 1. The molecule has 0 saturated carbocycles. The number of hydrogen-bond acceptors (Lipinski definition) is 6. The lowest BCUT2D eigenvalue weighted by atomic mass is 9.57. The molecule has 3 N–H and O–H groups in total. The Balaban J connectivity index is 1.35. The number of likely N-dealkylation sites (tertiary alicyclic amines) is 1. The molecule has 2 aliphatic heterocycles. The van der Waals surface area contributed by atoms with Gasteiger partial charge in [0.2, 0.25) is 11.8 Å². The Hall–Kier alpha value is -3.43. The number of imide groups is 1. The van der Waals surface area contributed by atoms with Crippen LogP contribution in [-0.2, 0) is 19.0 Å². The summed E-state index contributed by atoms with van der Waals surface area (Å²) in [6.07, 6.45) is 5.79. The summed E-state index contributed by atoms with van der Waals surface area (Å²) in [5.74, 6) is -1.88. The van der Waals surface area contributed by atoms with Crippen LogP contribution < -0.4 is 0 Å². The van der Waals surface area contributed by atoms with Gasteiger partial charge in [0.1, 0.15) is 5.75 Å². The van der Waals surface area contributed by atoms with Gasteiger partial charge in [-0.2, -0.15) is 0 Å². The highest BCUT2D eigenvalue weighted by Crippen LogP contribution is 2.52. The van der Waals surface area contributed by atoms with Gasteiger partial charge in [-0.25, -0.2) is 0 Å². The van der Waals surface area contributed by atoms with Gasteiger partial charge in [0.25, 0.3) is 0 Å². The van der Waals surface area contributed by atoms with Crippen molar-refractivity contribution in [2.75, 3.05) is 6.54 Å². The fourth-order valence-electron chi connectivity index (χ4n) is 7.39. The van der Waals surface area contributed by atoms with E-state index in [1.807, 2.05) is 30.3 Å². The molecule has 4 atom stereocenters. The lowest BCUT2D eigenvalue weighted by Crippen LogP contribution is -2.46. The number of unbranched alkanes of at least 4 members (excludes halogenated alkanes) is 2. The van der Waals surface area contributed by atoms with Crippen LogP contribution in [0.15, 0.2) is 53.1 Å². The molecule has 2 heterocycles. The number of fused-ring (bicyclic) bond motifs is 4. The molecule has 8 nitrogen and oxygen atoms in total. The molecule has 43 heavy (non-hydrogen) atoms. The summed E-state index contributed by atoms with van der Waals surface area (Å²) < 4.78 is 6.15. The van der Waals surface area contributed by atoms with Crippen molar-refractivity contribution in [1.82, 2.24) is 4.90 Å². The third-order valence-corrected chi connectivity index (χ3v) is 9.44. The first-order valence-corrected chi connectivity index (χ1v) is 15.6. The highest BCUT2D eigenvalue weighted by molar-refractivity contribution is 6.43. The summed E-state index contributed by atoms with van der Waals surface area (Å²) in [6.45, 7) is 6.61. The van der Waals surface area contributed by atoms with Crippen molar-refractivity contribution in [1.29, 1.82) is 0 Å². The monoisotopic (exact) mass is 587 g/mol. The highest BCUT2D eigenvalue weighted by atomic mass is 16.5. The maximum Gasteiger partial charge on any atom is 0.455 e. The first kappa shape index (κ1) is 31.0. The van der Waals surface area contributed by atoms with Gasteiger partial charge in [0, 0.05) is 18.4 Å². The Bertz CT molecular complexity index is 1460. The topological polar surface area (TPSA) is 124 Å².